The van der Waals surface area contributed by atoms with Crippen LogP contribution in [0.4, 0.5) is 0 Å². The van der Waals surface area contributed by atoms with Gasteiger partial charge >= 0.3 is 0 Å². The second-order valence-corrected chi connectivity index (χ2v) is 9.78. The molecule has 3 aromatic carbocycles. The lowest BCUT2D eigenvalue weighted by Crippen LogP contribution is -2.49. The van der Waals surface area contributed by atoms with Gasteiger partial charge < -0.3 is 18.8 Å². The highest BCUT2D eigenvalue weighted by atomic mass is 35.5. The molecule has 5 rings (SSSR count). The number of hydrogen-bond acceptors (Lipinski definition) is 5. The molecule has 1 fully saturated rings. The number of piperazine rings is 1. The third kappa shape index (κ3) is 5.82. The van der Waals surface area contributed by atoms with Crippen molar-refractivity contribution in [3.8, 4) is 5.75 Å². The molecule has 6 nitrogen and oxygen atoms in total. The average molecular weight is 519 g/mol. The van der Waals surface area contributed by atoms with E-state index in [1.807, 2.05) is 84.6 Å². The molecule has 0 aliphatic carbocycles. The van der Waals surface area contributed by atoms with Crippen molar-refractivity contribution in [3.05, 3.63) is 100 Å². The summed E-state index contributed by atoms with van der Waals surface area (Å²) in [6.07, 6.45) is -0.136. The van der Waals surface area contributed by atoms with Crippen molar-refractivity contribution in [1.29, 1.82) is 0 Å². The summed E-state index contributed by atoms with van der Waals surface area (Å²) in [4.78, 5) is 17.5. The maximum Gasteiger partial charge on any atom is 0.289 e. The number of aryl methyl sites for hydroxylation is 1. The minimum absolute atomic E-state index is 0.0446. The zero-order valence-electron chi connectivity index (χ0n) is 21.2. The molecular formula is C30H31ClN2O4. The van der Waals surface area contributed by atoms with Crippen molar-refractivity contribution >= 4 is 28.5 Å². The lowest BCUT2D eigenvalue weighted by Gasteiger charge is -2.36. The van der Waals surface area contributed by atoms with E-state index in [9.17, 15) is 4.79 Å². The molecule has 1 saturated heterocycles. The van der Waals surface area contributed by atoms with Gasteiger partial charge in [-0.1, -0.05) is 54.1 Å². The molecule has 0 bridgehead atoms. The van der Waals surface area contributed by atoms with Gasteiger partial charge in [0.25, 0.3) is 5.91 Å². The Bertz CT molecular complexity index is 1360. The third-order valence-electron chi connectivity index (χ3n) is 6.95. The number of furan rings is 1. The summed E-state index contributed by atoms with van der Waals surface area (Å²) >= 11 is 6.14. The van der Waals surface area contributed by atoms with E-state index < -0.39 is 0 Å². The quantitative estimate of drug-likeness (QED) is 0.281. The Labute approximate surface area is 222 Å². The summed E-state index contributed by atoms with van der Waals surface area (Å²) in [5.41, 5.74) is 3.77. The minimum atomic E-state index is -0.136. The van der Waals surface area contributed by atoms with E-state index in [4.69, 9.17) is 25.5 Å². The van der Waals surface area contributed by atoms with Crippen LogP contribution in [0.15, 0.2) is 77.2 Å². The van der Waals surface area contributed by atoms with Crippen LogP contribution in [-0.2, 0) is 11.3 Å². The normalized spacial score (nSPS) is 15.2. The van der Waals surface area contributed by atoms with E-state index in [1.54, 1.807) is 7.11 Å². The first-order valence-electron chi connectivity index (χ1n) is 12.5. The summed E-state index contributed by atoms with van der Waals surface area (Å²) in [6.45, 7) is 5.93. The number of para-hydroxylation sites is 1. The second-order valence-electron chi connectivity index (χ2n) is 9.35. The average Bonchev–Trinajstić information content (AvgIpc) is 3.28. The fraction of sp³-hybridized carbons (Fsp3) is 0.300. The van der Waals surface area contributed by atoms with Crippen LogP contribution < -0.4 is 4.74 Å². The number of ether oxygens (including phenoxy) is 2. The maximum absolute atomic E-state index is 13.3. The number of rotatable bonds is 8. The molecule has 1 amide bonds. The van der Waals surface area contributed by atoms with Gasteiger partial charge in [0.15, 0.2) is 5.76 Å². The van der Waals surface area contributed by atoms with Gasteiger partial charge in [-0.25, -0.2) is 0 Å². The number of nitrogens with zero attached hydrogens (tertiary/aromatic N) is 2. The van der Waals surface area contributed by atoms with Crippen molar-refractivity contribution in [3.63, 3.8) is 0 Å². The van der Waals surface area contributed by atoms with Gasteiger partial charge in [-0.05, 0) is 48.4 Å². The van der Waals surface area contributed by atoms with Crippen molar-refractivity contribution in [2.24, 2.45) is 0 Å². The standard InChI is InChI=1S/C30H31ClN2O4/c1-21-26-8-3-4-9-27(26)37-29(21)30(34)33-16-14-32(15-17-33)19-28(23-10-12-24(31)13-11-23)36-20-22-6-5-7-25(18-22)35-2/h3-13,18,28H,14-17,19-20H2,1-2H3/t28-/m0/s1. The van der Waals surface area contributed by atoms with Crippen LogP contribution in [0.2, 0.25) is 5.02 Å². The molecule has 0 radical (unpaired) electrons. The molecule has 37 heavy (non-hydrogen) atoms. The Balaban J connectivity index is 1.24. The Kier molecular flexibility index (Phi) is 7.79. The zero-order chi connectivity index (χ0) is 25.8. The molecular weight excluding hydrogens is 488 g/mol. The Morgan fingerprint density at radius 1 is 1.00 bits per heavy atom. The van der Waals surface area contributed by atoms with Crippen LogP contribution >= 0.6 is 11.6 Å². The number of benzene rings is 3. The first-order valence-corrected chi connectivity index (χ1v) is 12.9. The predicted molar refractivity (Wildman–Crippen MR) is 145 cm³/mol. The monoisotopic (exact) mass is 518 g/mol. The first-order chi connectivity index (χ1) is 18.0. The Morgan fingerprint density at radius 2 is 1.76 bits per heavy atom. The molecule has 1 aromatic heterocycles. The van der Waals surface area contributed by atoms with Gasteiger partial charge in [0.05, 0.1) is 19.8 Å². The van der Waals surface area contributed by atoms with Gasteiger partial charge in [0.2, 0.25) is 0 Å². The van der Waals surface area contributed by atoms with Gasteiger partial charge in [-0.2, -0.15) is 0 Å². The highest BCUT2D eigenvalue weighted by Crippen LogP contribution is 2.27. The summed E-state index contributed by atoms with van der Waals surface area (Å²) in [5, 5.41) is 1.69. The third-order valence-corrected chi connectivity index (χ3v) is 7.20. The maximum atomic E-state index is 13.3. The summed E-state index contributed by atoms with van der Waals surface area (Å²) in [5.74, 6) is 1.21. The number of hydrogen-bond donors (Lipinski definition) is 0. The van der Waals surface area contributed by atoms with Crippen molar-refractivity contribution < 1.29 is 18.7 Å². The van der Waals surface area contributed by atoms with Crippen LogP contribution in [0.1, 0.15) is 33.3 Å². The fourth-order valence-electron chi connectivity index (χ4n) is 4.78. The molecule has 0 N–H and O–H groups in total. The molecule has 0 unspecified atom stereocenters. The van der Waals surface area contributed by atoms with E-state index in [0.717, 1.165) is 53.0 Å². The number of carbonyl (C=O) groups excluding carboxylic acids is 1. The SMILES string of the molecule is COc1cccc(CO[C@@H](CN2CCN(C(=O)c3oc4ccccc4c3C)CC2)c2ccc(Cl)cc2)c1. The van der Waals surface area contributed by atoms with E-state index >= 15 is 0 Å². The van der Waals surface area contributed by atoms with Crippen LogP contribution in [0.25, 0.3) is 11.0 Å². The number of amides is 1. The lowest BCUT2D eigenvalue weighted by atomic mass is 10.1. The first kappa shape index (κ1) is 25.3. The topological polar surface area (TPSA) is 55.2 Å². The molecule has 4 aromatic rings. The van der Waals surface area contributed by atoms with Crippen LogP contribution in [-0.4, -0.2) is 55.5 Å². The van der Waals surface area contributed by atoms with E-state index in [-0.39, 0.29) is 12.0 Å². The molecule has 0 saturated carbocycles. The number of carbonyl (C=O) groups is 1. The summed E-state index contributed by atoms with van der Waals surface area (Å²) in [6, 6.07) is 23.5. The fourth-order valence-corrected chi connectivity index (χ4v) is 4.91. The van der Waals surface area contributed by atoms with Crippen molar-refractivity contribution in [2.45, 2.75) is 19.6 Å². The van der Waals surface area contributed by atoms with Crippen LogP contribution in [0.5, 0.6) is 5.75 Å². The Hall–Kier alpha value is -3.32. The molecule has 1 aliphatic heterocycles. The lowest BCUT2D eigenvalue weighted by molar-refractivity contribution is 0.00307. The summed E-state index contributed by atoms with van der Waals surface area (Å²) < 4.78 is 17.7. The molecule has 1 atom stereocenters. The predicted octanol–water partition coefficient (Wildman–Crippen LogP) is 6.12. The highest BCUT2D eigenvalue weighted by Gasteiger charge is 2.28. The van der Waals surface area contributed by atoms with E-state index in [1.165, 1.54) is 0 Å². The van der Waals surface area contributed by atoms with Gasteiger partial charge in [0, 0.05) is 48.7 Å². The highest BCUT2D eigenvalue weighted by molar-refractivity contribution is 6.30. The molecule has 192 valence electrons. The van der Waals surface area contributed by atoms with Gasteiger partial charge in [0.1, 0.15) is 11.3 Å². The summed E-state index contributed by atoms with van der Waals surface area (Å²) in [7, 11) is 1.66. The van der Waals surface area contributed by atoms with E-state index in [2.05, 4.69) is 4.90 Å². The van der Waals surface area contributed by atoms with Gasteiger partial charge in [-0.3, -0.25) is 9.69 Å². The number of methoxy groups -OCH3 is 1. The molecule has 2 heterocycles. The molecule has 1 aliphatic rings. The van der Waals surface area contributed by atoms with Crippen LogP contribution in [0.3, 0.4) is 0 Å². The minimum Gasteiger partial charge on any atom is -0.497 e. The van der Waals surface area contributed by atoms with Gasteiger partial charge in [-0.15, -0.1) is 0 Å². The van der Waals surface area contributed by atoms with Crippen molar-refractivity contribution in [1.82, 2.24) is 9.80 Å². The molecule has 0 spiro atoms. The Morgan fingerprint density at radius 3 is 2.49 bits per heavy atom. The number of halogens is 1. The smallest absolute Gasteiger partial charge is 0.289 e. The number of fused-ring (bicyclic) bond motifs is 1. The van der Waals surface area contributed by atoms with E-state index in [0.29, 0.717) is 30.5 Å². The second kappa shape index (κ2) is 11.4. The zero-order valence-corrected chi connectivity index (χ0v) is 21.9. The van der Waals surface area contributed by atoms with Crippen LogP contribution in [0, 0.1) is 6.92 Å². The largest absolute Gasteiger partial charge is 0.497 e. The van der Waals surface area contributed by atoms with Crippen molar-refractivity contribution in [2.75, 3.05) is 39.8 Å². The molecule has 7 heteroatoms.